The SMILES string of the molecule is Cn1ncc(CNC(=O)COCC(F)(F)F)c1N. The Kier molecular flexibility index (Phi) is 4.54. The molecule has 1 heterocycles. The van der Waals surface area contributed by atoms with E-state index >= 15 is 0 Å². The Labute approximate surface area is 101 Å². The molecular weight excluding hydrogens is 253 g/mol. The van der Waals surface area contributed by atoms with E-state index in [0.29, 0.717) is 11.4 Å². The van der Waals surface area contributed by atoms with Gasteiger partial charge in [-0.1, -0.05) is 0 Å². The summed E-state index contributed by atoms with van der Waals surface area (Å²) in [6.07, 6.45) is -2.97. The number of aromatic nitrogens is 2. The van der Waals surface area contributed by atoms with Gasteiger partial charge in [0.2, 0.25) is 5.91 Å². The molecule has 0 fully saturated rings. The number of hydrogen-bond acceptors (Lipinski definition) is 4. The van der Waals surface area contributed by atoms with Gasteiger partial charge in [0.1, 0.15) is 19.0 Å². The van der Waals surface area contributed by atoms with Gasteiger partial charge in [0.05, 0.1) is 6.20 Å². The van der Waals surface area contributed by atoms with Gasteiger partial charge >= 0.3 is 6.18 Å². The van der Waals surface area contributed by atoms with Crippen molar-refractivity contribution < 1.29 is 22.7 Å². The van der Waals surface area contributed by atoms with E-state index in [1.165, 1.54) is 10.9 Å². The summed E-state index contributed by atoms with van der Waals surface area (Å²) in [6.45, 7) is -2.01. The van der Waals surface area contributed by atoms with E-state index in [-0.39, 0.29) is 6.54 Å². The number of carbonyl (C=O) groups is 1. The minimum atomic E-state index is -4.44. The number of nitrogens with zero attached hydrogens (tertiary/aromatic N) is 2. The largest absolute Gasteiger partial charge is 0.411 e. The first-order chi connectivity index (χ1) is 8.29. The lowest BCUT2D eigenvalue weighted by Gasteiger charge is -2.08. The Bertz CT molecular complexity index is 416. The van der Waals surface area contributed by atoms with E-state index in [1.807, 2.05) is 0 Å². The lowest BCUT2D eigenvalue weighted by molar-refractivity contribution is -0.175. The summed E-state index contributed by atoms with van der Waals surface area (Å²) in [5, 5.41) is 6.22. The molecule has 1 aromatic rings. The number of rotatable bonds is 5. The highest BCUT2D eigenvalue weighted by Crippen LogP contribution is 2.14. The fraction of sp³-hybridized carbons (Fsp3) is 0.556. The van der Waals surface area contributed by atoms with E-state index < -0.39 is 25.3 Å². The number of aryl methyl sites for hydroxylation is 1. The van der Waals surface area contributed by atoms with Gasteiger partial charge in [0, 0.05) is 19.2 Å². The van der Waals surface area contributed by atoms with E-state index in [0.717, 1.165) is 0 Å². The van der Waals surface area contributed by atoms with E-state index in [9.17, 15) is 18.0 Å². The van der Waals surface area contributed by atoms with Crippen molar-refractivity contribution in [2.75, 3.05) is 18.9 Å². The lowest BCUT2D eigenvalue weighted by Crippen LogP contribution is -2.29. The Balaban J connectivity index is 2.27. The molecule has 1 aromatic heterocycles. The predicted molar refractivity (Wildman–Crippen MR) is 56.3 cm³/mol. The first-order valence-corrected chi connectivity index (χ1v) is 4.97. The van der Waals surface area contributed by atoms with Crippen molar-refractivity contribution in [3.63, 3.8) is 0 Å². The summed E-state index contributed by atoms with van der Waals surface area (Å²) in [5.74, 6) is -0.269. The molecule has 0 aliphatic heterocycles. The van der Waals surface area contributed by atoms with Crippen molar-refractivity contribution in [1.82, 2.24) is 15.1 Å². The third kappa shape index (κ3) is 4.62. The van der Waals surface area contributed by atoms with Gasteiger partial charge in [-0.3, -0.25) is 9.48 Å². The highest BCUT2D eigenvalue weighted by molar-refractivity contribution is 5.77. The molecule has 102 valence electrons. The van der Waals surface area contributed by atoms with Crippen LogP contribution in [0.25, 0.3) is 0 Å². The van der Waals surface area contributed by atoms with E-state index in [2.05, 4.69) is 15.2 Å². The van der Waals surface area contributed by atoms with Crippen LogP contribution in [0.4, 0.5) is 19.0 Å². The number of nitrogen functional groups attached to an aromatic ring is 1. The van der Waals surface area contributed by atoms with Gasteiger partial charge < -0.3 is 15.8 Å². The van der Waals surface area contributed by atoms with Crippen molar-refractivity contribution in [1.29, 1.82) is 0 Å². The van der Waals surface area contributed by atoms with Crippen molar-refractivity contribution >= 4 is 11.7 Å². The van der Waals surface area contributed by atoms with E-state index in [1.54, 1.807) is 7.05 Å². The number of ether oxygens (including phenoxy) is 1. The molecular formula is C9H13F3N4O2. The number of nitrogens with one attached hydrogen (secondary N) is 1. The number of amides is 1. The molecule has 0 aliphatic rings. The molecule has 1 amide bonds. The first kappa shape index (κ1) is 14.3. The van der Waals surface area contributed by atoms with Crippen LogP contribution < -0.4 is 11.1 Å². The summed E-state index contributed by atoms with van der Waals surface area (Å²) in [6, 6.07) is 0. The van der Waals surface area contributed by atoms with Crippen molar-refractivity contribution in [3.8, 4) is 0 Å². The minimum absolute atomic E-state index is 0.0912. The molecule has 0 bridgehead atoms. The highest BCUT2D eigenvalue weighted by atomic mass is 19.4. The van der Waals surface area contributed by atoms with Crippen LogP contribution in [0.2, 0.25) is 0 Å². The normalized spacial score (nSPS) is 11.6. The molecule has 0 aromatic carbocycles. The molecule has 18 heavy (non-hydrogen) atoms. The monoisotopic (exact) mass is 266 g/mol. The summed E-state index contributed by atoms with van der Waals surface area (Å²) in [5.41, 5.74) is 6.20. The highest BCUT2D eigenvalue weighted by Gasteiger charge is 2.27. The summed E-state index contributed by atoms with van der Waals surface area (Å²) in [7, 11) is 1.63. The zero-order valence-corrected chi connectivity index (χ0v) is 9.62. The predicted octanol–water partition coefficient (Wildman–Crippen LogP) is 0.197. The van der Waals surface area contributed by atoms with Crippen LogP contribution in [0.5, 0.6) is 0 Å². The van der Waals surface area contributed by atoms with E-state index in [4.69, 9.17) is 5.73 Å². The molecule has 9 heteroatoms. The third-order valence-corrected chi connectivity index (χ3v) is 2.04. The van der Waals surface area contributed by atoms with Gasteiger partial charge in [-0.2, -0.15) is 18.3 Å². The smallest absolute Gasteiger partial charge is 0.384 e. The second-order valence-corrected chi connectivity index (χ2v) is 3.56. The summed E-state index contributed by atoms with van der Waals surface area (Å²) < 4.78 is 40.8. The second kappa shape index (κ2) is 5.71. The summed E-state index contributed by atoms with van der Waals surface area (Å²) >= 11 is 0. The zero-order valence-electron chi connectivity index (χ0n) is 9.62. The maximum Gasteiger partial charge on any atom is 0.411 e. The molecule has 0 radical (unpaired) electrons. The molecule has 0 saturated heterocycles. The van der Waals surface area contributed by atoms with Crippen LogP contribution in [-0.2, 0) is 23.1 Å². The van der Waals surface area contributed by atoms with Crippen molar-refractivity contribution in [2.24, 2.45) is 7.05 Å². The molecule has 0 spiro atoms. The van der Waals surface area contributed by atoms with Crippen LogP contribution in [0.15, 0.2) is 6.20 Å². The minimum Gasteiger partial charge on any atom is -0.384 e. The quantitative estimate of drug-likeness (QED) is 0.797. The average molecular weight is 266 g/mol. The third-order valence-electron chi connectivity index (χ3n) is 2.04. The Hall–Kier alpha value is -1.77. The Morgan fingerprint density at radius 3 is 2.78 bits per heavy atom. The number of anilines is 1. The van der Waals surface area contributed by atoms with Crippen LogP contribution in [0, 0.1) is 0 Å². The zero-order chi connectivity index (χ0) is 13.8. The topological polar surface area (TPSA) is 82.2 Å². The lowest BCUT2D eigenvalue weighted by atomic mass is 10.3. The molecule has 0 atom stereocenters. The van der Waals surface area contributed by atoms with Crippen LogP contribution >= 0.6 is 0 Å². The number of halogens is 3. The fourth-order valence-corrected chi connectivity index (χ4v) is 1.13. The fourth-order valence-electron chi connectivity index (χ4n) is 1.13. The van der Waals surface area contributed by atoms with Crippen molar-refractivity contribution in [3.05, 3.63) is 11.8 Å². The van der Waals surface area contributed by atoms with Crippen LogP contribution in [0.1, 0.15) is 5.56 Å². The van der Waals surface area contributed by atoms with Gasteiger partial charge in [-0.25, -0.2) is 0 Å². The average Bonchev–Trinajstić information content (AvgIpc) is 2.55. The molecule has 1 rings (SSSR count). The standard InChI is InChI=1S/C9H13F3N4O2/c1-16-8(13)6(3-15-16)2-14-7(17)4-18-5-9(10,11)12/h3H,2,4-5,13H2,1H3,(H,14,17). The summed E-state index contributed by atoms with van der Waals surface area (Å²) in [4.78, 5) is 11.1. The van der Waals surface area contributed by atoms with Gasteiger partial charge in [0.15, 0.2) is 0 Å². The second-order valence-electron chi connectivity index (χ2n) is 3.56. The molecule has 0 unspecified atom stereocenters. The Morgan fingerprint density at radius 1 is 1.61 bits per heavy atom. The number of nitrogens with two attached hydrogens (primary N) is 1. The maximum atomic E-state index is 11.7. The number of hydrogen-bond donors (Lipinski definition) is 2. The van der Waals surface area contributed by atoms with Crippen molar-refractivity contribution in [2.45, 2.75) is 12.7 Å². The molecule has 6 nitrogen and oxygen atoms in total. The number of carbonyl (C=O) groups excluding carboxylic acids is 1. The first-order valence-electron chi connectivity index (χ1n) is 4.97. The van der Waals surface area contributed by atoms with Gasteiger partial charge in [-0.15, -0.1) is 0 Å². The Morgan fingerprint density at radius 2 is 2.28 bits per heavy atom. The molecule has 3 N–H and O–H groups in total. The molecule has 0 saturated carbocycles. The van der Waals surface area contributed by atoms with Crippen LogP contribution in [-0.4, -0.2) is 35.1 Å². The molecule has 0 aliphatic carbocycles. The number of alkyl halides is 3. The van der Waals surface area contributed by atoms with Gasteiger partial charge in [0.25, 0.3) is 0 Å². The maximum absolute atomic E-state index is 11.7. The van der Waals surface area contributed by atoms with Gasteiger partial charge in [-0.05, 0) is 0 Å². The van der Waals surface area contributed by atoms with Crippen LogP contribution in [0.3, 0.4) is 0 Å².